The number of nitrogens with two attached hydrogens (primary N) is 1. The second kappa shape index (κ2) is 5.05. The number of rotatable bonds is 3. The summed E-state index contributed by atoms with van der Waals surface area (Å²) in [5, 5.41) is 8.94. The smallest absolute Gasteiger partial charge is 0.256 e. The van der Waals surface area contributed by atoms with E-state index in [-0.39, 0.29) is 13.1 Å². The Hall–Kier alpha value is -1.76. The zero-order chi connectivity index (χ0) is 13.2. The third-order valence-electron chi connectivity index (χ3n) is 2.17. The summed E-state index contributed by atoms with van der Waals surface area (Å²) in [4.78, 5) is 12.6. The van der Waals surface area contributed by atoms with E-state index in [1.807, 2.05) is 0 Å². The van der Waals surface area contributed by atoms with Crippen molar-refractivity contribution in [3.63, 3.8) is 0 Å². The number of hydrogen-bond acceptors (Lipinski definition) is 3. The molecule has 1 aromatic carbocycles. The third kappa shape index (κ3) is 2.50. The van der Waals surface area contributed by atoms with E-state index in [0.29, 0.717) is 6.07 Å². The molecule has 4 nitrogen and oxygen atoms in total. The summed E-state index contributed by atoms with van der Waals surface area (Å²) in [5.74, 6) is -7.09. The predicted molar refractivity (Wildman–Crippen MR) is 54.0 cm³/mol. The molecular formula is C10H11F3N2O2. The van der Waals surface area contributed by atoms with Gasteiger partial charge in [0.15, 0.2) is 17.4 Å². The Morgan fingerprint density at radius 2 is 2.00 bits per heavy atom. The average Bonchev–Trinajstić information content (AvgIpc) is 2.30. The number of phenols is 1. The maximum Gasteiger partial charge on any atom is 0.256 e. The second-order valence-electron chi connectivity index (χ2n) is 3.40. The summed E-state index contributed by atoms with van der Waals surface area (Å²) >= 11 is 0. The Morgan fingerprint density at radius 1 is 1.41 bits per heavy atom. The molecule has 17 heavy (non-hydrogen) atoms. The highest BCUT2D eigenvalue weighted by Gasteiger charge is 2.24. The highest BCUT2D eigenvalue weighted by Crippen LogP contribution is 2.26. The summed E-state index contributed by atoms with van der Waals surface area (Å²) in [7, 11) is 1.33. The molecule has 7 heteroatoms. The van der Waals surface area contributed by atoms with Crippen molar-refractivity contribution in [2.24, 2.45) is 5.73 Å². The zero-order valence-electron chi connectivity index (χ0n) is 9.01. The van der Waals surface area contributed by atoms with E-state index in [9.17, 15) is 18.0 Å². The van der Waals surface area contributed by atoms with Crippen LogP contribution in [0, 0.1) is 17.5 Å². The van der Waals surface area contributed by atoms with Crippen LogP contribution in [0.4, 0.5) is 13.2 Å². The summed E-state index contributed by atoms with van der Waals surface area (Å²) < 4.78 is 39.1. The van der Waals surface area contributed by atoms with Crippen LogP contribution >= 0.6 is 0 Å². The van der Waals surface area contributed by atoms with Crippen molar-refractivity contribution in [2.45, 2.75) is 0 Å². The molecule has 1 rings (SSSR count). The van der Waals surface area contributed by atoms with Crippen LogP contribution in [-0.4, -0.2) is 36.1 Å². The van der Waals surface area contributed by atoms with Crippen LogP contribution in [0.1, 0.15) is 10.4 Å². The molecule has 0 aliphatic rings. The maximum absolute atomic E-state index is 13.4. The Labute approximate surface area is 95.4 Å². The van der Waals surface area contributed by atoms with E-state index < -0.39 is 34.7 Å². The number of hydrogen-bond donors (Lipinski definition) is 2. The van der Waals surface area contributed by atoms with Crippen LogP contribution < -0.4 is 5.73 Å². The van der Waals surface area contributed by atoms with E-state index in [1.54, 1.807) is 0 Å². The molecule has 1 amide bonds. The van der Waals surface area contributed by atoms with Gasteiger partial charge in [-0.3, -0.25) is 4.79 Å². The number of amides is 1. The van der Waals surface area contributed by atoms with Crippen LogP contribution in [0.3, 0.4) is 0 Å². The quantitative estimate of drug-likeness (QED) is 0.779. The summed E-state index contributed by atoms with van der Waals surface area (Å²) in [6.07, 6.45) is 0. The molecule has 0 aliphatic heterocycles. The molecule has 0 radical (unpaired) electrons. The highest BCUT2D eigenvalue weighted by molar-refractivity contribution is 5.94. The first-order valence-electron chi connectivity index (χ1n) is 4.72. The molecule has 0 atom stereocenters. The Kier molecular flexibility index (Phi) is 3.95. The number of carbonyl (C=O) groups is 1. The minimum Gasteiger partial charge on any atom is -0.503 e. The molecule has 0 bridgehead atoms. The minimum absolute atomic E-state index is 0.123. The van der Waals surface area contributed by atoms with Crippen molar-refractivity contribution < 1.29 is 23.1 Å². The van der Waals surface area contributed by atoms with Gasteiger partial charge in [-0.15, -0.1) is 0 Å². The van der Waals surface area contributed by atoms with Crippen LogP contribution in [0.2, 0.25) is 0 Å². The van der Waals surface area contributed by atoms with Gasteiger partial charge in [-0.05, 0) is 6.07 Å². The van der Waals surface area contributed by atoms with Gasteiger partial charge in [-0.2, -0.15) is 4.39 Å². The second-order valence-corrected chi connectivity index (χ2v) is 3.40. The van der Waals surface area contributed by atoms with Crippen molar-refractivity contribution in [1.82, 2.24) is 4.90 Å². The van der Waals surface area contributed by atoms with Gasteiger partial charge in [-0.1, -0.05) is 0 Å². The number of halogens is 3. The minimum atomic E-state index is -1.72. The lowest BCUT2D eigenvalue weighted by atomic mass is 10.1. The van der Waals surface area contributed by atoms with E-state index in [0.717, 1.165) is 4.90 Å². The standard InChI is InChI=1S/C10H11F3N2O2/c1-15(3-2-14)10(17)5-4-6(11)8(13)9(16)7(5)12/h4,16H,2-3,14H2,1H3. The van der Waals surface area contributed by atoms with Crippen molar-refractivity contribution in [1.29, 1.82) is 0 Å². The number of phenolic OH excluding ortho intramolecular Hbond substituents is 1. The lowest BCUT2D eigenvalue weighted by Crippen LogP contribution is -2.32. The van der Waals surface area contributed by atoms with Crippen molar-refractivity contribution >= 4 is 5.91 Å². The van der Waals surface area contributed by atoms with Gasteiger partial charge in [0, 0.05) is 20.1 Å². The molecule has 94 valence electrons. The number of likely N-dealkylation sites (N-methyl/N-ethyl adjacent to an activating group) is 1. The average molecular weight is 248 g/mol. The number of carbonyl (C=O) groups excluding carboxylic acids is 1. The molecule has 0 aromatic heterocycles. The van der Waals surface area contributed by atoms with Crippen molar-refractivity contribution in [3.8, 4) is 5.75 Å². The van der Waals surface area contributed by atoms with Crippen LogP contribution in [-0.2, 0) is 0 Å². The lowest BCUT2D eigenvalue weighted by molar-refractivity contribution is 0.0792. The molecule has 0 saturated heterocycles. The third-order valence-corrected chi connectivity index (χ3v) is 2.17. The van der Waals surface area contributed by atoms with Gasteiger partial charge in [-0.25, -0.2) is 8.78 Å². The Morgan fingerprint density at radius 3 is 2.53 bits per heavy atom. The van der Waals surface area contributed by atoms with E-state index in [2.05, 4.69) is 0 Å². The first-order chi connectivity index (χ1) is 7.90. The van der Waals surface area contributed by atoms with Crippen LogP contribution in [0.25, 0.3) is 0 Å². The maximum atomic E-state index is 13.4. The van der Waals surface area contributed by atoms with Gasteiger partial charge in [0.2, 0.25) is 5.82 Å². The largest absolute Gasteiger partial charge is 0.503 e. The fourth-order valence-corrected chi connectivity index (χ4v) is 1.25. The van der Waals surface area contributed by atoms with Crippen molar-refractivity contribution in [3.05, 3.63) is 29.1 Å². The summed E-state index contributed by atoms with van der Waals surface area (Å²) in [6.45, 7) is 0.261. The predicted octanol–water partition coefficient (Wildman–Crippen LogP) is 0.840. The van der Waals surface area contributed by atoms with Gasteiger partial charge in [0.1, 0.15) is 0 Å². The van der Waals surface area contributed by atoms with Gasteiger partial charge in [0.05, 0.1) is 5.56 Å². The summed E-state index contributed by atoms with van der Waals surface area (Å²) in [6, 6.07) is 0.403. The molecule has 0 heterocycles. The molecule has 3 N–H and O–H groups in total. The van der Waals surface area contributed by atoms with Crippen LogP contribution in [0.15, 0.2) is 6.07 Å². The summed E-state index contributed by atoms with van der Waals surface area (Å²) in [5.41, 5.74) is 4.46. The normalized spacial score (nSPS) is 10.4. The first-order valence-corrected chi connectivity index (χ1v) is 4.72. The Balaban J connectivity index is 3.19. The van der Waals surface area contributed by atoms with E-state index >= 15 is 0 Å². The molecule has 0 fully saturated rings. The molecular weight excluding hydrogens is 237 g/mol. The molecule has 0 unspecified atom stereocenters. The topological polar surface area (TPSA) is 66.6 Å². The monoisotopic (exact) mass is 248 g/mol. The molecule has 0 aliphatic carbocycles. The van der Waals surface area contributed by atoms with E-state index in [1.165, 1.54) is 7.05 Å². The fraction of sp³-hybridized carbons (Fsp3) is 0.300. The molecule has 1 aromatic rings. The first kappa shape index (κ1) is 13.3. The lowest BCUT2D eigenvalue weighted by Gasteiger charge is -2.16. The molecule has 0 saturated carbocycles. The van der Waals surface area contributed by atoms with Gasteiger partial charge >= 0.3 is 0 Å². The van der Waals surface area contributed by atoms with Gasteiger partial charge in [0.25, 0.3) is 5.91 Å². The van der Waals surface area contributed by atoms with Crippen molar-refractivity contribution in [2.75, 3.05) is 20.1 Å². The van der Waals surface area contributed by atoms with Crippen LogP contribution in [0.5, 0.6) is 5.75 Å². The number of aromatic hydroxyl groups is 1. The van der Waals surface area contributed by atoms with E-state index in [4.69, 9.17) is 10.8 Å². The van der Waals surface area contributed by atoms with Gasteiger partial charge < -0.3 is 15.7 Å². The molecule has 0 spiro atoms. The fourth-order valence-electron chi connectivity index (χ4n) is 1.25. The highest BCUT2D eigenvalue weighted by atomic mass is 19.2. The number of nitrogens with zero attached hydrogens (tertiary/aromatic N) is 1. The SMILES string of the molecule is CN(CCN)C(=O)c1cc(F)c(F)c(O)c1F. The zero-order valence-corrected chi connectivity index (χ0v) is 9.01. The Bertz CT molecular complexity index is 452. The number of benzene rings is 1.